The molecule has 0 spiro atoms. The van der Waals surface area contributed by atoms with E-state index in [1.807, 2.05) is 54.6 Å². The molecule has 1 aliphatic heterocycles. The van der Waals surface area contributed by atoms with Crippen molar-refractivity contribution in [2.24, 2.45) is 0 Å². The van der Waals surface area contributed by atoms with Gasteiger partial charge in [0.25, 0.3) is 5.91 Å². The van der Waals surface area contributed by atoms with Crippen LogP contribution >= 0.6 is 11.6 Å². The van der Waals surface area contributed by atoms with Crippen molar-refractivity contribution in [3.63, 3.8) is 0 Å². The van der Waals surface area contributed by atoms with Crippen molar-refractivity contribution in [3.8, 4) is 5.69 Å². The SMILES string of the molecule is Cc1nn(-c2ccccc2)c(Cl)c1C(=O)OCC(=O)N1CCc2ccccc21. The smallest absolute Gasteiger partial charge is 0.343 e. The molecule has 0 radical (unpaired) electrons. The minimum Gasteiger partial charge on any atom is -0.452 e. The van der Waals surface area contributed by atoms with Gasteiger partial charge in [-0.25, -0.2) is 9.48 Å². The average Bonchev–Trinajstić information content (AvgIpc) is 3.27. The molecule has 0 atom stereocenters. The summed E-state index contributed by atoms with van der Waals surface area (Å²) in [5.41, 5.74) is 3.33. The molecule has 6 nitrogen and oxygen atoms in total. The van der Waals surface area contributed by atoms with Crippen LogP contribution in [0.5, 0.6) is 0 Å². The van der Waals surface area contributed by atoms with Gasteiger partial charge in [0.15, 0.2) is 6.61 Å². The van der Waals surface area contributed by atoms with E-state index >= 15 is 0 Å². The van der Waals surface area contributed by atoms with Gasteiger partial charge in [0.1, 0.15) is 10.7 Å². The van der Waals surface area contributed by atoms with Gasteiger partial charge in [-0.15, -0.1) is 0 Å². The van der Waals surface area contributed by atoms with Crippen molar-refractivity contribution in [2.75, 3.05) is 18.1 Å². The van der Waals surface area contributed by atoms with Crippen molar-refractivity contribution in [2.45, 2.75) is 13.3 Å². The molecule has 1 amide bonds. The van der Waals surface area contributed by atoms with E-state index in [2.05, 4.69) is 5.10 Å². The highest BCUT2D eigenvalue weighted by Gasteiger charge is 2.27. The lowest BCUT2D eigenvalue weighted by atomic mass is 10.2. The van der Waals surface area contributed by atoms with E-state index in [0.29, 0.717) is 12.2 Å². The van der Waals surface area contributed by atoms with Crippen LogP contribution < -0.4 is 4.90 Å². The number of hydrogen-bond donors (Lipinski definition) is 0. The Morgan fingerprint density at radius 1 is 1.11 bits per heavy atom. The zero-order valence-electron chi connectivity index (χ0n) is 15.3. The largest absolute Gasteiger partial charge is 0.452 e. The van der Waals surface area contributed by atoms with Gasteiger partial charge in [0, 0.05) is 12.2 Å². The number of ether oxygens (including phenoxy) is 1. The zero-order valence-corrected chi connectivity index (χ0v) is 16.0. The van der Waals surface area contributed by atoms with E-state index in [4.69, 9.17) is 16.3 Å². The number of nitrogens with zero attached hydrogens (tertiary/aromatic N) is 3. The normalized spacial score (nSPS) is 12.7. The molecule has 4 rings (SSSR count). The summed E-state index contributed by atoms with van der Waals surface area (Å²) < 4.78 is 6.74. The molecule has 0 unspecified atom stereocenters. The van der Waals surface area contributed by atoms with Crippen LogP contribution in [0.15, 0.2) is 54.6 Å². The minimum atomic E-state index is -0.662. The Morgan fingerprint density at radius 2 is 1.82 bits per heavy atom. The lowest BCUT2D eigenvalue weighted by Gasteiger charge is -2.17. The first kappa shape index (κ1) is 18.3. The topological polar surface area (TPSA) is 64.4 Å². The van der Waals surface area contributed by atoms with Crippen LogP contribution in [0.1, 0.15) is 21.6 Å². The van der Waals surface area contributed by atoms with Crippen LogP contribution in [0.25, 0.3) is 5.69 Å². The van der Waals surface area contributed by atoms with Gasteiger partial charge >= 0.3 is 5.97 Å². The van der Waals surface area contributed by atoms with Crippen molar-refractivity contribution in [1.82, 2.24) is 9.78 Å². The molecule has 142 valence electrons. The molecule has 28 heavy (non-hydrogen) atoms. The fourth-order valence-corrected chi connectivity index (χ4v) is 3.70. The summed E-state index contributed by atoms with van der Waals surface area (Å²) in [6.07, 6.45) is 0.796. The second-order valence-electron chi connectivity index (χ2n) is 6.50. The standard InChI is InChI=1S/C21H18ClN3O3/c1-14-19(20(22)25(23-14)16-8-3-2-4-9-16)21(27)28-13-18(26)24-12-11-15-7-5-6-10-17(15)24/h2-10H,11-13H2,1H3. The molecule has 0 saturated carbocycles. The van der Waals surface area contributed by atoms with Crippen LogP contribution in [0, 0.1) is 6.92 Å². The fraction of sp³-hybridized carbons (Fsp3) is 0.190. The van der Waals surface area contributed by atoms with E-state index < -0.39 is 5.97 Å². The van der Waals surface area contributed by atoms with Crippen LogP contribution in [-0.4, -0.2) is 34.8 Å². The van der Waals surface area contributed by atoms with Gasteiger partial charge in [-0.1, -0.05) is 48.0 Å². The molecule has 2 heterocycles. The van der Waals surface area contributed by atoms with E-state index in [-0.39, 0.29) is 23.2 Å². The molecule has 1 aromatic heterocycles. The predicted molar refractivity (Wildman–Crippen MR) is 106 cm³/mol. The van der Waals surface area contributed by atoms with E-state index in [1.165, 1.54) is 4.68 Å². The van der Waals surface area contributed by atoms with Crippen LogP contribution in [0.2, 0.25) is 5.15 Å². The summed E-state index contributed by atoms with van der Waals surface area (Å²) in [6, 6.07) is 17.0. The molecule has 0 fully saturated rings. The Morgan fingerprint density at radius 3 is 2.61 bits per heavy atom. The number of esters is 1. The number of carbonyl (C=O) groups is 2. The van der Waals surface area contributed by atoms with Gasteiger partial charge in [-0.3, -0.25) is 4.79 Å². The number of benzene rings is 2. The third kappa shape index (κ3) is 3.27. The first-order valence-electron chi connectivity index (χ1n) is 8.92. The van der Waals surface area contributed by atoms with Crippen molar-refractivity contribution in [1.29, 1.82) is 0 Å². The summed E-state index contributed by atoms with van der Waals surface area (Å²) in [7, 11) is 0. The number of aromatic nitrogens is 2. The number of para-hydroxylation sites is 2. The molecule has 2 aromatic carbocycles. The fourth-order valence-electron chi connectivity index (χ4n) is 3.35. The van der Waals surface area contributed by atoms with Gasteiger partial charge < -0.3 is 9.64 Å². The summed E-state index contributed by atoms with van der Waals surface area (Å²) >= 11 is 6.37. The van der Waals surface area contributed by atoms with Gasteiger partial charge in [0.05, 0.1) is 11.4 Å². The molecule has 0 saturated heterocycles. The number of aryl methyl sites for hydroxylation is 1. The highest BCUT2D eigenvalue weighted by atomic mass is 35.5. The number of carbonyl (C=O) groups excluding carboxylic acids is 2. The highest BCUT2D eigenvalue weighted by molar-refractivity contribution is 6.33. The number of anilines is 1. The minimum absolute atomic E-state index is 0.160. The molecule has 1 aliphatic rings. The third-order valence-electron chi connectivity index (χ3n) is 4.72. The Labute approximate surface area is 167 Å². The summed E-state index contributed by atoms with van der Waals surface area (Å²) in [6.45, 7) is 1.92. The molecule has 0 N–H and O–H groups in total. The van der Waals surface area contributed by atoms with E-state index in [9.17, 15) is 9.59 Å². The molecule has 0 bridgehead atoms. The maximum atomic E-state index is 12.6. The molecule has 7 heteroatoms. The highest BCUT2D eigenvalue weighted by Crippen LogP contribution is 2.28. The number of rotatable bonds is 4. The van der Waals surface area contributed by atoms with Crippen molar-refractivity contribution >= 4 is 29.2 Å². The summed E-state index contributed by atoms with van der Waals surface area (Å²) in [5.74, 6) is -0.923. The zero-order chi connectivity index (χ0) is 19.7. The second kappa shape index (κ2) is 7.48. The van der Waals surface area contributed by atoms with Gasteiger partial charge in [0.2, 0.25) is 0 Å². The van der Waals surface area contributed by atoms with Crippen LogP contribution in [0.3, 0.4) is 0 Å². The predicted octanol–water partition coefficient (Wildman–Crippen LogP) is 3.58. The Balaban J connectivity index is 1.48. The van der Waals surface area contributed by atoms with Crippen LogP contribution in [-0.2, 0) is 16.0 Å². The lowest BCUT2D eigenvalue weighted by molar-refractivity contribution is -0.121. The van der Waals surface area contributed by atoms with Crippen molar-refractivity contribution in [3.05, 3.63) is 76.6 Å². The van der Waals surface area contributed by atoms with Crippen LogP contribution in [0.4, 0.5) is 5.69 Å². The summed E-state index contributed by atoms with van der Waals surface area (Å²) in [5, 5.41) is 4.48. The molecular weight excluding hydrogens is 378 g/mol. The monoisotopic (exact) mass is 395 g/mol. The second-order valence-corrected chi connectivity index (χ2v) is 6.86. The Kier molecular flexibility index (Phi) is 4.88. The quantitative estimate of drug-likeness (QED) is 0.633. The third-order valence-corrected chi connectivity index (χ3v) is 5.07. The molecule has 3 aromatic rings. The number of halogens is 1. The maximum absolute atomic E-state index is 12.6. The number of hydrogen-bond acceptors (Lipinski definition) is 4. The van der Waals surface area contributed by atoms with E-state index in [0.717, 1.165) is 23.4 Å². The Bertz CT molecular complexity index is 1050. The Hall–Kier alpha value is -3.12. The van der Waals surface area contributed by atoms with Crippen molar-refractivity contribution < 1.29 is 14.3 Å². The van der Waals surface area contributed by atoms with E-state index in [1.54, 1.807) is 11.8 Å². The number of fused-ring (bicyclic) bond motifs is 1. The molecule has 0 aliphatic carbocycles. The van der Waals surface area contributed by atoms with Gasteiger partial charge in [-0.2, -0.15) is 5.10 Å². The number of amides is 1. The van der Waals surface area contributed by atoms with Gasteiger partial charge in [-0.05, 0) is 37.1 Å². The maximum Gasteiger partial charge on any atom is 0.343 e. The molecular formula is C21H18ClN3O3. The lowest BCUT2D eigenvalue weighted by Crippen LogP contribution is -2.33. The first-order chi connectivity index (χ1) is 13.6. The first-order valence-corrected chi connectivity index (χ1v) is 9.30. The summed E-state index contributed by atoms with van der Waals surface area (Å²) in [4.78, 5) is 26.7. The average molecular weight is 396 g/mol.